The van der Waals surface area contributed by atoms with E-state index in [-0.39, 0.29) is 29.5 Å². The topological polar surface area (TPSA) is 86.7 Å². The Morgan fingerprint density at radius 1 is 1.00 bits per heavy atom. The van der Waals surface area contributed by atoms with Crippen LogP contribution in [0.5, 0.6) is 0 Å². The fourth-order valence-electron chi connectivity index (χ4n) is 4.35. The third-order valence-corrected chi connectivity index (χ3v) is 7.31. The molecule has 0 saturated carbocycles. The molecule has 4 heterocycles. The molecule has 3 aliphatic heterocycles. The summed E-state index contributed by atoms with van der Waals surface area (Å²) >= 11 is 0. The highest BCUT2D eigenvalue weighted by molar-refractivity contribution is 7.91. The summed E-state index contributed by atoms with van der Waals surface area (Å²) < 4.78 is 24.6. The smallest absolute Gasteiger partial charge is 0.237 e. The first-order chi connectivity index (χ1) is 12.5. The maximum absolute atomic E-state index is 12.9. The van der Waals surface area contributed by atoms with E-state index in [0.29, 0.717) is 25.6 Å². The lowest BCUT2D eigenvalue weighted by Gasteiger charge is -2.44. The Balaban J connectivity index is 1.52. The lowest BCUT2D eigenvalue weighted by Crippen LogP contribution is -2.62. The number of sulfone groups is 1. The van der Waals surface area contributed by atoms with Crippen LogP contribution in [0.3, 0.4) is 0 Å². The minimum absolute atomic E-state index is 0.0345. The fraction of sp³-hybridized carbons (Fsp3) is 0.706. The van der Waals surface area contributed by atoms with Crippen LogP contribution in [0.15, 0.2) is 18.5 Å². The summed E-state index contributed by atoms with van der Waals surface area (Å²) in [6.07, 6.45) is 6.81. The number of carbonyl (C=O) groups excluding carboxylic acids is 1. The molecule has 26 heavy (non-hydrogen) atoms. The number of piperazine rings is 1. The van der Waals surface area contributed by atoms with Gasteiger partial charge in [0.2, 0.25) is 11.9 Å². The van der Waals surface area contributed by atoms with Gasteiger partial charge in [0.05, 0.1) is 30.1 Å². The largest absolute Gasteiger partial charge is 0.334 e. The summed E-state index contributed by atoms with van der Waals surface area (Å²) in [6.45, 7) is 3.38. The van der Waals surface area contributed by atoms with Crippen molar-refractivity contribution in [3.05, 3.63) is 18.5 Å². The van der Waals surface area contributed by atoms with E-state index in [4.69, 9.17) is 0 Å². The second-order valence-electron chi connectivity index (χ2n) is 7.38. The maximum Gasteiger partial charge on any atom is 0.237 e. The lowest BCUT2D eigenvalue weighted by atomic mass is 10.0. The quantitative estimate of drug-likeness (QED) is 0.717. The summed E-state index contributed by atoms with van der Waals surface area (Å²) in [4.78, 5) is 27.4. The number of piperidine rings is 1. The zero-order chi connectivity index (χ0) is 18.1. The van der Waals surface area contributed by atoms with Crippen LogP contribution in [0.2, 0.25) is 0 Å². The van der Waals surface area contributed by atoms with E-state index in [0.717, 1.165) is 25.9 Å². The van der Waals surface area contributed by atoms with Crippen LogP contribution in [-0.2, 0) is 14.6 Å². The molecule has 2 atom stereocenters. The van der Waals surface area contributed by atoms with Gasteiger partial charge in [0.1, 0.15) is 0 Å². The third kappa shape index (κ3) is 3.55. The molecule has 1 aromatic rings. The van der Waals surface area contributed by atoms with Crippen LogP contribution in [0.25, 0.3) is 0 Å². The molecule has 3 aliphatic rings. The third-order valence-electron chi connectivity index (χ3n) is 5.61. The first-order valence-corrected chi connectivity index (χ1v) is 11.1. The van der Waals surface area contributed by atoms with E-state index >= 15 is 0 Å². The Bertz CT molecular complexity index is 751. The van der Waals surface area contributed by atoms with Crippen LogP contribution in [-0.4, -0.2) is 90.4 Å². The summed E-state index contributed by atoms with van der Waals surface area (Å²) in [6, 6.07) is 1.17. The molecule has 0 aromatic carbocycles. The highest BCUT2D eigenvalue weighted by Gasteiger charge is 2.48. The number of nitrogens with zero attached hydrogens (tertiary/aromatic N) is 5. The van der Waals surface area contributed by atoms with Crippen molar-refractivity contribution < 1.29 is 13.2 Å². The van der Waals surface area contributed by atoms with Crippen molar-refractivity contribution >= 4 is 21.7 Å². The lowest BCUT2D eigenvalue weighted by molar-refractivity contribution is -0.135. The molecule has 3 fully saturated rings. The normalized spacial score (nSPS) is 28.8. The number of fused-ring (bicyclic) bond motifs is 1. The van der Waals surface area contributed by atoms with Gasteiger partial charge in [-0.1, -0.05) is 6.42 Å². The van der Waals surface area contributed by atoms with Crippen molar-refractivity contribution in [2.45, 2.75) is 31.3 Å². The number of carbonyl (C=O) groups is 1. The van der Waals surface area contributed by atoms with Crippen molar-refractivity contribution in [2.24, 2.45) is 0 Å². The predicted octanol–water partition coefficient (Wildman–Crippen LogP) is -0.223. The van der Waals surface area contributed by atoms with E-state index in [1.165, 1.54) is 6.42 Å². The van der Waals surface area contributed by atoms with E-state index in [1.807, 2.05) is 4.90 Å². The van der Waals surface area contributed by atoms with Gasteiger partial charge < -0.3 is 9.80 Å². The minimum Gasteiger partial charge on any atom is -0.334 e. The molecule has 0 aliphatic carbocycles. The molecule has 0 spiro atoms. The number of hydrogen-bond acceptors (Lipinski definition) is 7. The van der Waals surface area contributed by atoms with E-state index in [2.05, 4.69) is 14.9 Å². The molecule has 0 N–H and O–H groups in total. The van der Waals surface area contributed by atoms with Gasteiger partial charge in [-0.3, -0.25) is 9.69 Å². The molecule has 142 valence electrons. The standard InChI is InChI=1S/C17H25N5O3S/c23-16(11-20-7-2-1-3-8-20)21-9-10-22(17-18-5-4-6-19-17)15-13-26(24,25)12-14(15)21/h4-6,14-15H,1-3,7-13H2/t14-,15+/m0/s1. The SMILES string of the molecule is O=C(CN1CCCCC1)N1CCN(c2ncccn2)[C@@H]2CS(=O)(=O)C[C@@H]21. The number of anilines is 1. The van der Waals surface area contributed by atoms with Crippen molar-refractivity contribution in [3.8, 4) is 0 Å². The Morgan fingerprint density at radius 2 is 1.69 bits per heavy atom. The molecule has 1 amide bonds. The van der Waals surface area contributed by atoms with Crippen LogP contribution in [0.1, 0.15) is 19.3 Å². The average Bonchev–Trinajstić information content (AvgIpc) is 2.97. The Morgan fingerprint density at radius 3 is 2.42 bits per heavy atom. The van der Waals surface area contributed by atoms with Crippen molar-refractivity contribution in [3.63, 3.8) is 0 Å². The molecule has 4 rings (SSSR count). The highest BCUT2D eigenvalue weighted by atomic mass is 32.2. The van der Waals surface area contributed by atoms with E-state index in [9.17, 15) is 13.2 Å². The van der Waals surface area contributed by atoms with Crippen LogP contribution >= 0.6 is 0 Å². The zero-order valence-corrected chi connectivity index (χ0v) is 15.6. The number of rotatable bonds is 3. The summed E-state index contributed by atoms with van der Waals surface area (Å²) in [7, 11) is -3.17. The number of aromatic nitrogens is 2. The van der Waals surface area contributed by atoms with Gasteiger partial charge >= 0.3 is 0 Å². The van der Waals surface area contributed by atoms with Gasteiger partial charge in [-0.15, -0.1) is 0 Å². The maximum atomic E-state index is 12.9. The van der Waals surface area contributed by atoms with E-state index < -0.39 is 9.84 Å². The molecule has 0 radical (unpaired) electrons. The molecular formula is C17H25N5O3S. The molecule has 3 saturated heterocycles. The molecule has 9 heteroatoms. The Kier molecular flexibility index (Phi) is 4.83. The predicted molar refractivity (Wildman–Crippen MR) is 97.6 cm³/mol. The highest BCUT2D eigenvalue weighted by Crippen LogP contribution is 2.29. The Labute approximate surface area is 154 Å². The average molecular weight is 379 g/mol. The summed E-state index contributed by atoms with van der Waals surface area (Å²) in [5, 5.41) is 0. The van der Waals surface area contributed by atoms with Crippen molar-refractivity contribution in [1.29, 1.82) is 0 Å². The number of amides is 1. The number of hydrogen-bond donors (Lipinski definition) is 0. The second-order valence-corrected chi connectivity index (χ2v) is 9.53. The Hall–Kier alpha value is -1.74. The van der Waals surface area contributed by atoms with Gasteiger partial charge in [-0.2, -0.15) is 0 Å². The van der Waals surface area contributed by atoms with Crippen LogP contribution in [0, 0.1) is 0 Å². The molecule has 0 unspecified atom stereocenters. The van der Waals surface area contributed by atoms with Crippen molar-refractivity contribution in [1.82, 2.24) is 19.8 Å². The second kappa shape index (κ2) is 7.11. The molecule has 8 nitrogen and oxygen atoms in total. The van der Waals surface area contributed by atoms with Gasteiger partial charge in [-0.05, 0) is 32.0 Å². The van der Waals surface area contributed by atoms with Gasteiger partial charge in [0.25, 0.3) is 0 Å². The van der Waals surface area contributed by atoms with Gasteiger partial charge in [0, 0.05) is 25.5 Å². The monoisotopic (exact) mass is 379 g/mol. The van der Waals surface area contributed by atoms with E-state index in [1.54, 1.807) is 23.4 Å². The minimum atomic E-state index is -3.17. The van der Waals surface area contributed by atoms with Crippen molar-refractivity contribution in [2.75, 3.05) is 49.1 Å². The number of likely N-dealkylation sites (tertiary alicyclic amines) is 1. The van der Waals surface area contributed by atoms with Gasteiger partial charge in [-0.25, -0.2) is 18.4 Å². The van der Waals surface area contributed by atoms with Crippen LogP contribution < -0.4 is 4.90 Å². The molecule has 1 aromatic heterocycles. The molecule has 0 bridgehead atoms. The zero-order valence-electron chi connectivity index (χ0n) is 14.8. The summed E-state index contributed by atoms with van der Waals surface area (Å²) in [5.41, 5.74) is 0. The first-order valence-electron chi connectivity index (χ1n) is 9.29. The fourth-order valence-corrected chi connectivity index (χ4v) is 6.33. The van der Waals surface area contributed by atoms with Crippen LogP contribution in [0.4, 0.5) is 5.95 Å². The molecular weight excluding hydrogens is 354 g/mol. The van der Waals surface area contributed by atoms with Gasteiger partial charge in [0.15, 0.2) is 9.84 Å². The first kappa shape index (κ1) is 17.7. The summed E-state index contributed by atoms with van der Waals surface area (Å²) in [5.74, 6) is 0.686.